The number of amides is 1. The van der Waals surface area contributed by atoms with Crippen molar-refractivity contribution < 1.29 is 28.9 Å². The molecule has 0 radical (unpaired) electrons. The van der Waals surface area contributed by atoms with E-state index in [-0.39, 0.29) is 0 Å². The van der Waals surface area contributed by atoms with Gasteiger partial charge in [0.1, 0.15) is 16.9 Å². The number of carbonyl (C=O) groups excluding carboxylic acids is 1. The lowest BCUT2D eigenvalue weighted by Gasteiger charge is -2.16. The molecule has 0 heterocycles. The molecule has 0 unspecified atom stereocenters. The van der Waals surface area contributed by atoms with Crippen molar-refractivity contribution in [3.8, 4) is 11.5 Å². The van der Waals surface area contributed by atoms with Gasteiger partial charge in [0.2, 0.25) is 5.91 Å². The zero-order valence-electron chi connectivity index (χ0n) is 20.6. The number of hydrogen-bond acceptors (Lipinski definition) is 6. The lowest BCUT2D eigenvalue weighted by Crippen LogP contribution is -2.36. The van der Waals surface area contributed by atoms with Crippen LogP contribution in [0.2, 0.25) is 0 Å². The van der Waals surface area contributed by atoms with Gasteiger partial charge in [-0.05, 0) is 50.8 Å². The lowest BCUT2D eigenvalue weighted by molar-refractivity contribution is -0.148. The third kappa shape index (κ3) is 6.07. The van der Waals surface area contributed by atoms with Crippen LogP contribution < -0.4 is 14.8 Å². The van der Waals surface area contributed by atoms with E-state index in [4.69, 9.17) is 14.2 Å². The molecule has 2 N–H and O–H groups in total. The smallest absolute Gasteiger partial charge is 0.319 e. The average Bonchev–Trinajstić information content (AvgIpc) is 3.67. The standard InChI is InChI=1S/C24H28N2O6.C2H6/c1-5-25-19-14-21(31-4)20(30-3)13-18(19)15(2)32-17-8-6-7-16(9-10-17)26-22(27)24(11-12-24)23(28)29;1-2/h5,9-10,13-14H,2,6-8,11-12H2,1,3-4H3,(H,26,27)(H,28,29);1-2H3. The van der Waals surface area contributed by atoms with Crippen LogP contribution in [0.1, 0.15) is 58.4 Å². The fourth-order valence-electron chi connectivity index (χ4n) is 3.48. The van der Waals surface area contributed by atoms with Gasteiger partial charge in [-0.2, -0.15) is 0 Å². The minimum atomic E-state index is -1.27. The molecule has 1 aromatic rings. The van der Waals surface area contributed by atoms with Gasteiger partial charge < -0.3 is 24.6 Å². The number of carboxylic acid groups (broad SMARTS) is 1. The first kappa shape index (κ1) is 26.7. The Morgan fingerprint density at radius 3 is 2.32 bits per heavy atom. The number of methoxy groups -OCH3 is 2. The van der Waals surface area contributed by atoms with Crippen molar-refractivity contribution in [1.29, 1.82) is 0 Å². The highest BCUT2D eigenvalue weighted by Gasteiger charge is 2.57. The summed E-state index contributed by atoms with van der Waals surface area (Å²) in [6.45, 7) is 9.88. The number of aliphatic carboxylic acids is 1. The van der Waals surface area contributed by atoms with Crippen LogP contribution in [0, 0.1) is 5.41 Å². The van der Waals surface area contributed by atoms with Gasteiger partial charge in [-0.25, -0.2) is 0 Å². The fourth-order valence-corrected chi connectivity index (χ4v) is 3.48. The quantitative estimate of drug-likeness (QED) is 0.285. The predicted octanol–water partition coefficient (Wildman–Crippen LogP) is 5.37. The Kier molecular flexibility index (Phi) is 9.47. The van der Waals surface area contributed by atoms with Crippen LogP contribution in [0.15, 0.2) is 47.3 Å². The second kappa shape index (κ2) is 12.1. The number of hydrogen-bond donors (Lipinski definition) is 2. The van der Waals surface area contributed by atoms with Crippen LogP contribution in [-0.2, 0) is 14.3 Å². The Morgan fingerprint density at radius 1 is 1.12 bits per heavy atom. The average molecular weight is 471 g/mol. The number of carbonyl (C=O) groups is 2. The van der Waals surface area contributed by atoms with Crippen LogP contribution in [0.25, 0.3) is 5.76 Å². The second-order valence-electron chi connectivity index (χ2n) is 7.66. The van der Waals surface area contributed by atoms with E-state index in [0.29, 0.717) is 65.6 Å². The molecular weight excluding hydrogens is 436 g/mol. The summed E-state index contributed by atoms with van der Waals surface area (Å²) < 4.78 is 16.8. The van der Waals surface area contributed by atoms with Gasteiger partial charge in [0, 0.05) is 30.0 Å². The summed E-state index contributed by atoms with van der Waals surface area (Å²) in [6, 6.07) is 3.52. The summed E-state index contributed by atoms with van der Waals surface area (Å²) in [5.74, 6) is 0.652. The second-order valence-corrected chi connectivity index (χ2v) is 7.66. The molecule has 8 heteroatoms. The lowest BCUT2D eigenvalue weighted by atomic mass is 10.1. The number of benzene rings is 1. The highest BCUT2D eigenvalue weighted by atomic mass is 16.5. The van der Waals surface area contributed by atoms with Crippen LogP contribution in [0.4, 0.5) is 5.69 Å². The normalized spacial score (nSPS) is 16.1. The molecule has 0 bridgehead atoms. The van der Waals surface area contributed by atoms with E-state index in [1.807, 2.05) is 20.8 Å². The van der Waals surface area contributed by atoms with Crippen molar-refractivity contribution in [2.24, 2.45) is 10.4 Å². The molecule has 34 heavy (non-hydrogen) atoms. The van der Waals surface area contributed by atoms with Crippen molar-refractivity contribution in [3.63, 3.8) is 0 Å². The summed E-state index contributed by atoms with van der Waals surface area (Å²) in [4.78, 5) is 28.1. The van der Waals surface area contributed by atoms with Crippen LogP contribution >= 0.6 is 0 Å². The Hall–Kier alpha value is -3.55. The minimum Gasteiger partial charge on any atom is -0.493 e. The van der Waals surface area contributed by atoms with Gasteiger partial charge in [0.15, 0.2) is 11.5 Å². The zero-order chi connectivity index (χ0) is 25.3. The molecule has 184 valence electrons. The molecule has 2 aliphatic carbocycles. The maximum absolute atomic E-state index is 12.4. The summed E-state index contributed by atoms with van der Waals surface area (Å²) in [5, 5.41) is 12.1. The summed E-state index contributed by atoms with van der Waals surface area (Å²) in [5.41, 5.74) is 0.708. The van der Waals surface area contributed by atoms with Gasteiger partial charge in [-0.3, -0.25) is 14.6 Å². The first-order valence-electron chi connectivity index (χ1n) is 11.4. The van der Waals surface area contributed by atoms with Crippen molar-refractivity contribution in [2.45, 2.75) is 52.9 Å². The van der Waals surface area contributed by atoms with Crippen molar-refractivity contribution >= 4 is 29.5 Å². The molecule has 0 atom stereocenters. The van der Waals surface area contributed by atoms with Crippen LogP contribution in [0.5, 0.6) is 11.5 Å². The van der Waals surface area contributed by atoms with Gasteiger partial charge >= 0.3 is 5.97 Å². The monoisotopic (exact) mass is 470 g/mol. The van der Waals surface area contributed by atoms with Crippen LogP contribution in [0.3, 0.4) is 0 Å². The van der Waals surface area contributed by atoms with E-state index in [2.05, 4.69) is 16.9 Å². The highest BCUT2D eigenvalue weighted by molar-refractivity contribution is 6.05. The summed E-state index contributed by atoms with van der Waals surface area (Å²) in [6.07, 6.45) is 7.93. The molecule has 0 aromatic heterocycles. The summed E-state index contributed by atoms with van der Waals surface area (Å²) >= 11 is 0. The number of nitrogens with one attached hydrogen (secondary N) is 1. The number of allylic oxidation sites excluding steroid dienone is 4. The molecule has 2 aliphatic rings. The molecular formula is C26H34N2O6. The third-order valence-electron chi connectivity index (χ3n) is 5.53. The van der Waals surface area contributed by atoms with Gasteiger partial charge in [0.05, 0.1) is 19.9 Å². The number of aliphatic imine (C=N–C) groups is 1. The molecule has 1 aromatic carbocycles. The fraction of sp³-hybridized carbons (Fsp3) is 0.423. The number of rotatable bonds is 9. The molecule has 1 amide bonds. The predicted molar refractivity (Wildman–Crippen MR) is 132 cm³/mol. The molecule has 1 saturated carbocycles. The summed E-state index contributed by atoms with van der Waals surface area (Å²) in [7, 11) is 3.11. The Labute approximate surface area is 201 Å². The SMILES string of the molecule is C=C(OC1=CC=C(NC(=O)C2(C(=O)O)CC2)CCC1)c1cc(OC)c(OC)cc1N=CC.CC. The van der Waals surface area contributed by atoms with Crippen LogP contribution in [-0.4, -0.2) is 37.4 Å². The Balaban J connectivity index is 0.00000199. The molecule has 0 aliphatic heterocycles. The molecule has 3 rings (SSSR count). The van der Waals surface area contributed by atoms with E-state index >= 15 is 0 Å². The highest BCUT2D eigenvalue weighted by Crippen LogP contribution is 2.46. The largest absolute Gasteiger partial charge is 0.493 e. The first-order valence-corrected chi connectivity index (χ1v) is 11.4. The maximum atomic E-state index is 12.4. The number of nitrogens with zero attached hydrogens (tertiary/aromatic N) is 1. The van der Waals surface area contributed by atoms with Gasteiger partial charge in [0.25, 0.3) is 0 Å². The van der Waals surface area contributed by atoms with Crippen molar-refractivity contribution in [3.05, 3.63) is 47.9 Å². The van der Waals surface area contributed by atoms with E-state index < -0.39 is 17.3 Å². The van der Waals surface area contributed by atoms with E-state index in [9.17, 15) is 14.7 Å². The Bertz CT molecular complexity index is 1020. The van der Waals surface area contributed by atoms with Gasteiger partial charge in [-0.1, -0.05) is 20.4 Å². The topological polar surface area (TPSA) is 106 Å². The van der Waals surface area contributed by atoms with E-state index in [0.717, 1.165) is 6.42 Å². The third-order valence-corrected chi connectivity index (χ3v) is 5.53. The van der Waals surface area contributed by atoms with E-state index in [1.54, 1.807) is 44.7 Å². The molecule has 0 spiro atoms. The maximum Gasteiger partial charge on any atom is 0.319 e. The minimum absolute atomic E-state index is 0.374. The Morgan fingerprint density at radius 2 is 1.76 bits per heavy atom. The zero-order valence-corrected chi connectivity index (χ0v) is 20.6. The molecule has 8 nitrogen and oxygen atoms in total. The molecule has 1 fully saturated rings. The van der Waals surface area contributed by atoms with Gasteiger partial charge in [-0.15, -0.1) is 0 Å². The van der Waals surface area contributed by atoms with E-state index in [1.165, 1.54) is 0 Å². The first-order chi connectivity index (χ1) is 16.3. The number of ether oxygens (including phenoxy) is 3. The van der Waals surface area contributed by atoms with Crippen molar-refractivity contribution in [2.75, 3.05) is 14.2 Å². The molecule has 0 saturated heterocycles. The van der Waals surface area contributed by atoms with Crippen molar-refractivity contribution in [1.82, 2.24) is 5.32 Å². The number of carboxylic acids is 1.